The number of carbonyl (C=O) groups is 1. The molecule has 2 rings (SSSR count). The molecule has 1 amide bonds. The molecular formula is C14H9ClI2N2O2. The molecule has 0 unspecified atom stereocenters. The molecule has 0 aromatic heterocycles. The monoisotopic (exact) mass is 526 g/mol. The standard InChI is InChI=1S/C14H9ClI2N2O2/c15-10-4-2-1-3-9(10)14(21)19-18-7-8-5-11(16)13(20)12(17)6-8/h1-7,20H,(H,19,21)/b18-7-. The zero-order valence-corrected chi connectivity index (χ0v) is 15.5. The van der Waals surface area contributed by atoms with Crippen LogP contribution >= 0.6 is 56.8 Å². The van der Waals surface area contributed by atoms with E-state index in [9.17, 15) is 9.90 Å². The van der Waals surface area contributed by atoms with Gasteiger partial charge in [0.05, 0.1) is 23.9 Å². The smallest absolute Gasteiger partial charge is 0.272 e. The number of phenolic OH excluding ortho intramolecular Hbond substituents is 1. The third-order valence-electron chi connectivity index (χ3n) is 2.54. The van der Waals surface area contributed by atoms with Crippen molar-refractivity contribution in [2.24, 2.45) is 5.10 Å². The zero-order chi connectivity index (χ0) is 15.4. The van der Waals surface area contributed by atoms with Crippen molar-refractivity contribution in [3.63, 3.8) is 0 Å². The molecule has 0 saturated carbocycles. The minimum Gasteiger partial charge on any atom is -0.506 e. The Morgan fingerprint density at radius 3 is 2.48 bits per heavy atom. The van der Waals surface area contributed by atoms with E-state index in [0.717, 1.165) is 12.7 Å². The second-order valence-corrected chi connectivity index (χ2v) is 6.74. The molecule has 2 aromatic carbocycles. The molecule has 0 fully saturated rings. The number of amides is 1. The van der Waals surface area contributed by atoms with Gasteiger partial charge in [0.1, 0.15) is 5.75 Å². The first-order chi connectivity index (χ1) is 9.99. The number of phenols is 1. The lowest BCUT2D eigenvalue weighted by atomic mass is 10.2. The summed E-state index contributed by atoms with van der Waals surface area (Å²) in [5, 5.41) is 14.0. The van der Waals surface area contributed by atoms with Crippen LogP contribution in [-0.2, 0) is 0 Å². The Balaban J connectivity index is 2.10. The first-order valence-corrected chi connectivity index (χ1v) is 8.28. The highest BCUT2D eigenvalue weighted by atomic mass is 127. The molecule has 4 nitrogen and oxygen atoms in total. The molecule has 21 heavy (non-hydrogen) atoms. The van der Waals surface area contributed by atoms with Gasteiger partial charge in [-0.15, -0.1) is 0 Å². The molecule has 0 bridgehead atoms. The minimum atomic E-state index is -0.375. The number of hydrazone groups is 1. The van der Waals surface area contributed by atoms with Gasteiger partial charge in [-0.25, -0.2) is 5.43 Å². The van der Waals surface area contributed by atoms with Crippen LogP contribution in [0.25, 0.3) is 0 Å². The fourth-order valence-corrected chi connectivity index (χ4v) is 3.57. The van der Waals surface area contributed by atoms with Gasteiger partial charge >= 0.3 is 0 Å². The maximum atomic E-state index is 11.9. The van der Waals surface area contributed by atoms with Crippen molar-refractivity contribution >= 4 is 68.9 Å². The fraction of sp³-hybridized carbons (Fsp3) is 0. The summed E-state index contributed by atoms with van der Waals surface area (Å²) >= 11 is 10.00. The molecule has 0 aliphatic carbocycles. The number of halogens is 3. The number of aromatic hydroxyl groups is 1. The van der Waals surface area contributed by atoms with Gasteiger partial charge in [-0.3, -0.25) is 4.79 Å². The lowest BCUT2D eigenvalue weighted by Crippen LogP contribution is -2.17. The highest BCUT2D eigenvalue weighted by Crippen LogP contribution is 2.26. The van der Waals surface area contributed by atoms with E-state index in [1.54, 1.807) is 36.4 Å². The summed E-state index contributed by atoms with van der Waals surface area (Å²) in [5.41, 5.74) is 3.57. The van der Waals surface area contributed by atoms with E-state index in [2.05, 4.69) is 10.5 Å². The number of hydrogen-bond acceptors (Lipinski definition) is 3. The number of rotatable bonds is 3. The van der Waals surface area contributed by atoms with Gasteiger partial charge < -0.3 is 5.11 Å². The van der Waals surface area contributed by atoms with E-state index in [4.69, 9.17) is 11.6 Å². The number of nitrogens with one attached hydrogen (secondary N) is 1. The molecule has 0 aliphatic heterocycles. The summed E-state index contributed by atoms with van der Waals surface area (Å²) < 4.78 is 1.44. The van der Waals surface area contributed by atoms with Crippen LogP contribution in [0.1, 0.15) is 15.9 Å². The van der Waals surface area contributed by atoms with E-state index in [1.165, 1.54) is 6.21 Å². The van der Waals surface area contributed by atoms with Crippen molar-refractivity contribution in [2.75, 3.05) is 0 Å². The second-order valence-electron chi connectivity index (χ2n) is 4.01. The van der Waals surface area contributed by atoms with Crippen LogP contribution in [-0.4, -0.2) is 17.2 Å². The normalized spacial score (nSPS) is 10.8. The van der Waals surface area contributed by atoms with Gasteiger partial charge in [0, 0.05) is 0 Å². The van der Waals surface area contributed by atoms with Gasteiger partial charge in [-0.05, 0) is 75.0 Å². The number of hydrogen-bond donors (Lipinski definition) is 2. The van der Waals surface area contributed by atoms with Crippen molar-refractivity contribution in [3.05, 3.63) is 59.7 Å². The average molecular weight is 526 g/mol. The summed E-state index contributed by atoms with van der Waals surface area (Å²) in [5.74, 6) is -0.131. The topological polar surface area (TPSA) is 61.7 Å². The SMILES string of the molecule is O=C(N/N=C\c1cc(I)c(O)c(I)c1)c1ccccc1Cl. The summed E-state index contributed by atoms with van der Waals surface area (Å²) in [7, 11) is 0. The summed E-state index contributed by atoms with van der Waals surface area (Å²) in [4.78, 5) is 11.9. The molecule has 0 spiro atoms. The van der Waals surface area contributed by atoms with Gasteiger partial charge in [-0.2, -0.15) is 5.10 Å². The van der Waals surface area contributed by atoms with Gasteiger partial charge in [0.2, 0.25) is 0 Å². The van der Waals surface area contributed by atoms with Crippen molar-refractivity contribution < 1.29 is 9.90 Å². The van der Waals surface area contributed by atoms with Crippen molar-refractivity contribution in [2.45, 2.75) is 0 Å². The van der Waals surface area contributed by atoms with Gasteiger partial charge in [0.15, 0.2) is 0 Å². The molecule has 108 valence electrons. The first kappa shape index (κ1) is 16.5. The van der Waals surface area contributed by atoms with Crippen molar-refractivity contribution in [1.82, 2.24) is 5.43 Å². The Kier molecular flexibility index (Phi) is 5.82. The molecule has 0 saturated heterocycles. The van der Waals surface area contributed by atoms with Crippen LogP contribution < -0.4 is 5.43 Å². The van der Waals surface area contributed by atoms with Crippen LogP contribution in [0, 0.1) is 7.14 Å². The highest BCUT2D eigenvalue weighted by molar-refractivity contribution is 14.1. The van der Waals surface area contributed by atoms with Crippen LogP contribution in [0.5, 0.6) is 5.75 Å². The van der Waals surface area contributed by atoms with Crippen LogP contribution in [0.15, 0.2) is 41.5 Å². The second kappa shape index (κ2) is 7.41. The molecule has 0 atom stereocenters. The van der Waals surface area contributed by atoms with Gasteiger partial charge in [-0.1, -0.05) is 23.7 Å². The quantitative estimate of drug-likeness (QED) is 0.361. The van der Waals surface area contributed by atoms with Gasteiger partial charge in [0.25, 0.3) is 5.91 Å². The molecule has 7 heteroatoms. The largest absolute Gasteiger partial charge is 0.506 e. The van der Waals surface area contributed by atoms with E-state index < -0.39 is 0 Å². The minimum absolute atomic E-state index is 0.244. The van der Waals surface area contributed by atoms with E-state index in [1.807, 2.05) is 45.2 Å². The lowest BCUT2D eigenvalue weighted by molar-refractivity contribution is 0.0955. The fourth-order valence-electron chi connectivity index (χ4n) is 1.53. The highest BCUT2D eigenvalue weighted by Gasteiger charge is 2.08. The lowest BCUT2D eigenvalue weighted by Gasteiger charge is -2.03. The van der Waals surface area contributed by atoms with Crippen LogP contribution in [0.4, 0.5) is 0 Å². The Morgan fingerprint density at radius 1 is 1.24 bits per heavy atom. The maximum Gasteiger partial charge on any atom is 0.272 e. The zero-order valence-electron chi connectivity index (χ0n) is 10.5. The predicted molar refractivity (Wildman–Crippen MR) is 100 cm³/mol. The summed E-state index contributed by atoms with van der Waals surface area (Å²) in [6, 6.07) is 10.3. The number of carbonyl (C=O) groups excluding carboxylic acids is 1. The summed E-state index contributed by atoms with van der Waals surface area (Å²) in [6.45, 7) is 0. The van der Waals surface area contributed by atoms with Crippen molar-refractivity contribution in [1.29, 1.82) is 0 Å². The van der Waals surface area contributed by atoms with E-state index in [0.29, 0.717) is 10.6 Å². The van der Waals surface area contributed by atoms with Crippen LogP contribution in [0.2, 0.25) is 5.02 Å². The molecule has 0 radical (unpaired) electrons. The number of nitrogens with zero attached hydrogens (tertiary/aromatic N) is 1. The third kappa shape index (κ3) is 4.30. The average Bonchev–Trinajstić information content (AvgIpc) is 2.45. The Labute approximate surface area is 153 Å². The summed E-state index contributed by atoms with van der Waals surface area (Å²) in [6.07, 6.45) is 1.51. The molecule has 0 heterocycles. The predicted octanol–water partition coefficient (Wildman–Crippen LogP) is 4.02. The van der Waals surface area contributed by atoms with Crippen molar-refractivity contribution in [3.8, 4) is 5.75 Å². The van der Waals surface area contributed by atoms with E-state index >= 15 is 0 Å². The molecule has 2 aromatic rings. The number of benzene rings is 2. The van der Waals surface area contributed by atoms with Crippen LogP contribution in [0.3, 0.4) is 0 Å². The maximum absolute atomic E-state index is 11.9. The Hall–Kier alpha value is -0.870. The Bertz CT molecular complexity index is 697. The first-order valence-electron chi connectivity index (χ1n) is 5.75. The molecular weight excluding hydrogens is 517 g/mol. The third-order valence-corrected chi connectivity index (χ3v) is 4.51. The molecule has 0 aliphatic rings. The Morgan fingerprint density at radius 2 is 1.86 bits per heavy atom. The van der Waals surface area contributed by atoms with E-state index in [-0.39, 0.29) is 11.7 Å². The molecule has 2 N–H and O–H groups in total.